The first-order valence-electron chi connectivity index (χ1n) is 7.91. The SMILES string of the molecule is CCN(CC)C(=O)CC(CN)N1CCCC(N(C)C)C1. The zero-order valence-corrected chi connectivity index (χ0v) is 13.6. The molecule has 0 aliphatic carbocycles. The Balaban J connectivity index is 2.59. The van der Waals surface area contributed by atoms with E-state index in [9.17, 15) is 4.79 Å². The molecule has 5 heteroatoms. The molecule has 0 radical (unpaired) electrons. The molecule has 1 saturated heterocycles. The third-order valence-corrected chi connectivity index (χ3v) is 4.47. The Morgan fingerprint density at radius 1 is 1.35 bits per heavy atom. The first kappa shape index (κ1) is 17.4. The molecule has 118 valence electrons. The number of piperidine rings is 1. The molecule has 1 amide bonds. The Hall–Kier alpha value is -0.650. The summed E-state index contributed by atoms with van der Waals surface area (Å²) in [4.78, 5) is 18.9. The number of carbonyl (C=O) groups is 1. The maximum Gasteiger partial charge on any atom is 0.224 e. The van der Waals surface area contributed by atoms with Crippen molar-refractivity contribution in [1.29, 1.82) is 0 Å². The molecule has 1 rings (SSSR count). The second-order valence-electron chi connectivity index (χ2n) is 5.91. The third-order valence-electron chi connectivity index (χ3n) is 4.47. The number of likely N-dealkylation sites (N-methyl/N-ethyl adjacent to an activating group) is 1. The molecule has 2 unspecified atom stereocenters. The summed E-state index contributed by atoms with van der Waals surface area (Å²) in [6.45, 7) is 8.29. The van der Waals surface area contributed by atoms with Crippen LogP contribution < -0.4 is 5.73 Å². The predicted octanol–water partition coefficient (Wildman–Crippen LogP) is 0.598. The smallest absolute Gasteiger partial charge is 0.224 e. The maximum absolute atomic E-state index is 12.3. The average molecular weight is 284 g/mol. The maximum atomic E-state index is 12.3. The van der Waals surface area contributed by atoms with Crippen molar-refractivity contribution in [3.63, 3.8) is 0 Å². The van der Waals surface area contributed by atoms with E-state index < -0.39 is 0 Å². The summed E-state index contributed by atoms with van der Waals surface area (Å²) in [7, 11) is 4.26. The van der Waals surface area contributed by atoms with Gasteiger partial charge in [-0.25, -0.2) is 0 Å². The normalized spacial score (nSPS) is 22.0. The Kier molecular flexibility index (Phi) is 7.48. The van der Waals surface area contributed by atoms with Crippen molar-refractivity contribution in [1.82, 2.24) is 14.7 Å². The van der Waals surface area contributed by atoms with Gasteiger partial charge >= 0.3 is 0 Å². The molecule has 1 aliphatic heterocycles. The van der Waals surface area contributed by atoms with Gasteiger partial charge in [0, 0.05) is 44.7 Å². The average Bonchev–Trinajstić information content (AvgIpc) is 2.46. The highest BCUT2D eigenvalue weighted by atomic mass is 16.2. The van der Waals surface area contributed by atoms with Crippen molar-refractivity contribution in [3.8, 4) is 0 Å². The lowest BCUT2D eigenvalue weighted by Crippen LogP contribution is -2.52. The van der Waals surface area contributed by atoms with E-state index in [1.807, 2.05) is 18.7 Å². The van der Waals surface area contributed by atoms with Crippen LogP contribution in [0.15, 0.2) is 0 Å². The summed E-state index contributed by atoms with van der Waals surface area (Å²) < 4.78 is 0. The van der Waals surface area contributed by atoms with E-state index in [4.69, 9.17) is 5.73 Å². The molecule has 0 spiro atoms. The van der Waals surface area contributed by atoms with Crippen LogP contribution in [0.25, 0.3) is 0 Å². The fourth-order valence-corrected chi connectivity index (χ4v) is 3.00. The first-order valence-corrected chi connectivity index (χ1v) is 7.91. The van der Waals surface area contributed by atoms with Gasteiger partial charge in [-0.1, -0.05) is 0 Å². The first-order chi connectivity index (χ1) is 9.53. The van der Waals surface area contributed by atoms with Crippen molar-refractivity contribution in [3.05, 3.63) is 0 Å². The Bertz CT molecular complexity index is 292. The molecule has 1 aliphatic rings. The molecule has 5 nitrogen and oxygen atoms in total. The molecule has 0 saturated carbocycles. The van der Waals surface area contributed by atoms with Crippen LogP contribution in [0.5, 0.6) is 0 Å². The molecule has 2 N–H and O–H groups in total. The predicted molar refractivity (Wildman–Crippen MR) is 83.7 cm³/mol. The van der Waals surface area contributed by atoms with E-state index in [0.717, 1.165) is 26.2 Å². The second kappa shape index (κ2) is 8.60. The van der Waals surface area contributed by atoms with Crippen LogP contribution in [0.3, 0.4) is 0 Å². The molecular formula is C15H32N4O. The zero-order valence-electron chi connectivity index (χ0n) is 13.6. The number of hydrogen-bond donors (Lipinski definition) is 1. The Morgan fingerprint density at radius 3 is 2.50 bits per heavy atom. The minimum atomic E-state index is 0.186. The molecule has 0 aromatic carbocycles. The summed E-state index contributed by atoms with van der Waals surface area (Å²) in [5.41, 5.74) is 5.93. The monoisotopic (exact) mass is 284 g/mol. The van der Waals surface area contributed by atoms with Crippen LogP contribution in [0, 0.1) is 0 Å². The van der Waals surface area contributed by atoms with Crippen molar-refractivity contribution >= 4 is 5.91 Å². The van der Waals surface area contributed by atoms with Crippen molar-refractivity contribution in [2.45, 2.75) is 45.2 Å². The van der Waals surface area contributed by atoms with Gasteiger partial charge in [-0.3, -0.25) is 9.69 Å². The van der Waals surface area contributed by atoms with E-state index in [-0.39, 0.29) is 11.9 Å². The number of nitrogens with zero attached hydrogens (tertiary/aromatic N) is 3. The van der Waals surface area contributed by atoms with Gasteiger partial charge in [0.15, 0.2) is 0 Å². The minimum Gasteiger partial charge on any atom is -0.343 e. The number of nitrogens with two attached hydrogens (primary N) is 1. The van der Waals surface area contributed by atoms with Crippen LogP contribution in [0.2, 0.25) is 0 Å². The number of rotatable bonds is 7. The largest absolute Gasteiger partial charge is 0.343 e. The standard InChI is InChI=1S/C15H32N4O/c1-5-18(6-2)15(20)10-14(11-16)19-9-7-8-13(12-19)17(3)4/h13-14H,5-12,16H2,1-4H3. The second-order valence-corrected chi connectivity index (χ2v) is 5.91. The number of likely N-dealkylation sites (tertiary alicyclic amines) is 1. The highest BCUT2D eigenvalue weighted by Crippen LogP contribution is 2.17. The van der Waals surface area contributed by atoms with Gasteiger partial charge in [-0.2, -0.15) is 0 Å². The fraction of sp³-hybridized carbons (Fsp3) is 0.933. The van der Waals surface area contributed by atoms with Gasteiger partial charge in [0.25, 0.3) is 0 Å². The summed E-state index contributed by atoms with van der Waals surface area (Å²) in [5.74, 6) is 0.234. The molecular weight excluding hydrogens is 252 g/mol. The van der Waals surface area contributed by atoms with Gasteiger partial charge in [0.1, 0.15) is 0 Å². The van der Waals surface area contributed by atoms with Gasteiger partial charge in [0.05, 0.1) is 0 Å². The van der Waals surface area contributed by atoms with Gasteiger partial charge < -0.3 is 15.5 Å². The van der Waals surface area contributed by atoms with E-state index in [2.05, 4.69) is 23.9 Å². The molecule has 0 bridgehead atoms. The summed E-state index contributed by atoms with van der Waals surface area (Å²) in [6, 6.07) is 0.771. The fourth-order valence-electron chi connectivity index (χ4n) is 3.00. The van der Waals surface area contributed by atoms with Gasteiger partial charge in [-0.15, -0.1) is 0 Å². The van der Waals surface area contributed by atoms with Crippen LogP contribution >= 0.6 is 0 Å². The lowest BCUT2D eigenvalue weighted by molar-refractivity contribution is -0.132. The number of amides is 1. The molecule has 1 heterocycles. The Labute approximate surface area is 124 Å². The van der Waals surface area contributed by atoms with E-state index in [1.54, 1.807) is 0 Å². The molecule has 0 aromatic rings. The summed E-state index contributed by atoms with van der Waals surface area (Å²) >= 11 is 0. The Morgan fingerprint density at radius 2 is 2.00 bits per heavy atom. The third kappa shape index (κ3) is 4.72. The zero-order chi connectivity index (χ0) is 15.1. The molecule has 20 heavy (non-hydrogen) atoms. The van der Waals surface area contributed by atoms with Gasteiger partial charge in [0.2, 0.25) is 5.91 Å². The van der Waals surface area contributed by atoms with Crippen molar-refractivity contribution in [2.24, 2.45) is 5.73 Å². The summed E-state index contributed by atoms with van der Waals surface area (Å²) in [6.07, 6.45) is 2.99. The van der Waals surface area contributed by atoms with Crippen LogP contribution in [-0.2, 0) is 4.79 Å². The lowest BCUT2D eigenvalue weighted by Gasteiger charge is -2.40. The molecule has 1 fully saturated rings. The van der Waals surface area contributed by atoms with E-state index in [1.165, 1.54) is 12.8 Å². The quantitative estimate of drug-likeness (QED) is 0.744. The highest BCUT2D eigenvalue weighted by Gasteiger charge is 2.28. The summed E-state index contributed by atoms with van der Waals surface area (Å²) in [5, 5.41) is 0. The van der Waals surface area contributed by atoms with Gasteiger partial charge in [-0.05, 0) is 47.3 Å². The van der Waals surface area contributed by atoms with Crippen molar-refractivity contribution in [2.75, 3.05) is 46.8 Å². The topological polar surface area (TPSA) is 52.8 Å². The molecule has 2 atom stereocenters. The minimum absolute atomic E-state index is 0.186. The lowest BCUT2D eigenvalue weighted by atomic mass is 10.0. The number of hydrogen-bond acceptors (Lipinski definition) is 4. The van der Waals surface area contributed by atoms with Crippen LogP contribution in [0.1, 0.15) is 33.1 Å². The van der Waals surface area contributed by atoms with Crippen molar-refractivity contribution < 1.29 is 4.79 Å². The van der Waals surface area contributed by atoms with Crippen LogP contribution in [-0.4, -0.2) is 79.5 Å². The highest BCUT2D eigenvalue weighted by molar-refractivity contribution is 5.76. The number of carbonyl (C=O) groups excluding carboxylic acids is 1. The molecule has 0 aromatic heterocycles. The van der Waals surface area contributed by atoms with Crippen LogP contribution in [0.4, 0.5) is 0 Å². The van der Waals surface area contributed by atoms with E-state index in [0.29, 0.717) is 19.0 Å². The van der Waals surface area contributed by atoms with E-state index >= 15 is 0 Å².